The first-order valence-electron chi connectivity index (χ1n) is 5.68. The molecule has 1 heterocycles. The predicted octanol–water partition coefficient (Wildman–Crippen LogP) is 3.92. The van der Waals surface area contributed by atoms with Gasteiger partial charge in [-0.05, 0) is 45.8 Å². The second kappa shape index (κ2) is 6.84. The molecule has 0 aliphatic heterocycles. The molecule has 0 N–H and O–H groups in total. The van der Waals surface area contributed by atoms with Crippen LogP contribution in [0.25, 0.3) is 0 Å². The van der Waals surface area contributed by atoms with Crippen molar-refractivity contribution in [1.82, 2.24) is 0 Å². The summed E-state index contributed by atoms with van der Waals surface area (Å²) >= 11 is 4.75. The van der Waals surface area contributed by atoms with Gasteiger partial charge in [0.05, 0.1) is 22.4 Å². The molecule has 0 amide bonds. The Balaban J connectivity index is 1.84. The fourth-order valence-corrected chi connectivity index (χ4v) is 2.87. The molecule has 0 saturated heterocycles. The Morgan fingerprint density at radius 1 is 1.32 bits per heavy atom. The van der Waals surface area contributed by atoms with Crippen LogP contribution in [0.1, 0.15) is 15.2 Å². The molecule has 2 aromatic rings. The third-order valence-electron chi connectivity index (χ3n) is 2.48. The lowest BCUT2D eigenvalue weighted by molar-refractivity contribution is 0.0730. The van der Waals surface area contributed by atoms with Crippen LogP contribution in [0.15, 0.2) is 40.2 Å². The van der Waals surface area contributed by atoms with Gasteiger partial charge in [-0.1, -0.05) is 12.1 Å². The van der Waals surface area contributed by atoms with Crippen molar-refractivity contribution >= 4 is 33.0 Å². The van der Waals surface area contributed by atoms with Crippen molar-refractivity contribution in [3.63, 3.8) is 0 Å². The highest BCUT2D eigenvalue weighted by molar-refractivity contribution is 9.11. The second-order valence-corrected chi connectivity index (χ2v) is 6.33. The summed E-state index contributed by atoms with van der Waals surface area (Å²) < 4.78 is 11.5. The van der Waals surface area contributed by atoms with Crippen LogP contribution < -0.4 is 4.74 Å². The summed E-state index contributed by atoms with van der Waals surface area (Å²) in [5, 5.41) is 0. The molecule has 1 aromatic heterocycles. The Hall–Kier alpha value is -1.17. The van der Waals surface area contributed by atoms with Crippen molar-refractivity contribution in [2.24, 2.45) is 0 Å². The van der Waals surface area contributed by atoms with Crippen LogP contribution in [0.4, 0.5) is 0 Å². The van der Waals surface area contributed by atoms with Crippen LogP contribution in [0.3, 0.4) is 0 Å². The van der Waals surface area contributed by atoms with Gasteiger partial charge in [0.15, 0.2) is 5.78 Å². The number of ether oxygens (including phenoxy) is 2. The first-order valence-corrected chi connectivity index (χ1v) is 7.29. The van der Waals surface area contributed by atoms with Crippen molar-refractivity contribution in [3.05, 3.63) is 50.6 Å². The van der Waals surface area contributed by atoms with Gasteiger partial charge in [0.1, 0.15) is 12.4 Å². The maximum atomic E-state index is 11.8. The average Bonchev–Trinajstić information content (AvgIpc) is 2.86. The third kappa shape index (κ3) is 4.16. The van der Waals surface area contributed by atoms with E-state index in [2.05, 4.69) is 15.9 Å². The van der Waals surface area contributed by atoms with Gasteiger partial charge in [-0.2, -0.15) is 0 Å². The third-order valence-corrected chi connectivity index (χ3v) is 4.15. The average molecular weight is 341 g/mol. The quantitative estimate of drug-likeness (QED) is 0.747. The van der Waals surface area contributed by atoms with Crippen LogP contribution in [0, 0.1) is 0 Å². The molecule has 0 atom stereocenters. The predicted molar refractivity (Wildman–Crippen MR) is 79.0 cm³/mol. The minimum atomic E-state index is -0.00130. The van der Waals surface area contributed by atoms with Crippen LogP contribution in [0.2, 0.25) is 0 Å². The SMILES string of the molecule is COc1cccc(COCC(=O)c2ccc(Br)s2)c1. The lowest BCUT2D eigenvalue weighted by Crippen LogP contribution is -2.07. The molecule has 19 heavy (non-hydrogen) atoms. The topological polar surface area (TPSA) is 35.5 Å². The number of hydrogen-bond donors (Lipinski definition) is 0. The standard InChI is InChI=1S/C14H13BrO3S/c1-17-11-4-2-3-10(7-11)8-18-9-12(16)13-5-6-14(15)19-13/h2-7H,8-9H2,1H3. The molecular weight excluding hydrogens is 328 g/mol. The van der Waals surface area contributed by atoms with E-state index in [1.165, 1.54) is 11.3 Å². The van der Waals surface area contributed by atoms with Gasteiger partial charge in [-0.15, -0.1) is 11.3 Å². The minimum absolute atomic E-state index is 0.00130. The van der Waals surface area contributed by atoms with E-state index < -0.39 is 0 Å². The van der Waals surface area contributed by atoms with E-state index in [0.717, 1.165) is 15.1 Å². The fraction of sp³-hybridized carbons (Fsp3) is 0.214. The lowest BCUT2D eigenvalue weighted by Gasteiger charge is -2.05. The number of thiophene rings is 1. The highest BCUT2D eigenvalue weighted by Gasteiger charge is 2.08. The van der Waals surface area contributed by atoms with Gasteiger partial charge in [-0.3, -0.25) is 4.79 Å². The smallest absolute Gasteiger partial charge is 0.198 e. The highest BCUT2D eigenvalue weighted by Crippen LogP contribution is 2.22. The number of ketones is 1. The van der Waals surface area contributed by atoms with Crippen molar-refractivity contribution in [1.29, 1.82) is 0 Å². The van der Waals surface area contributed by atoms with Gasteiger partial charge in [0.2, 0.25) is 0 Å². The summed E-state index contributed by atoms with van der Waals surface area (Å²) in [5.74, 6) is 0.785. The number of benzene rings is 1. The molecule has 0 unspecified atom stereocenters. The Labute approximate surface area is 124 Å². The lowest BCUT2D eigenvalue weighted by atomic mass is 10.2. The first kappa shape index (κ1) is 14.2. The summed E-state index contributed by atoms with van der Waals surface area (Å²) in [6, 6.07) is 11.3. The second-order valence-electron chi connectivity index (χ2n) is 3.87. The number of carbonyl (C=O) groups is 1. The zero-order valence-corrected chi connectivity index (χ0v) is 12.8. The first-order chi connectivity index (χ1) is 9.19. The number of methoxy groups -OCH3 is 1. The monoisotopic (exact) mass is 340 g/mol. The molecule has 1 aromatic carbocycles. The van der Waals surface area contributed by atoms with Crippen LogP contribution >= 0.6 is 27.3 Å². The van der Waals surface area contributed by atoms with E-state index in [1.54, 1.807) is 13.2 Å². The summed E-state index contributed by atoms with van der Waals surface area (Å²) in [6.07, 6.45) is 0. The zero-order chi connectivity index (χ0) is 13.7. The molecular formula is C14H13BrO3S. The molecule has 3 nitrogen and oxygen atoms in total. The Kier molecular flexibility index (Phi) is 5.13. The molecule has 0 bridgehead atoms. The maximum absolute atomic E-state index is 11.8. The number of halogens is 1. The molecule has 0 saturated carbocycles. The number of rotatable bonds is 6. The van der Waals surface area contributed by atoms with Crippen molar-refractivity contribution < 1.29 is 14.3 Å². The van der Waals surface area contributed by atoms with Gasteiger partial charge >= 0.3 is 0 Å². The summed E-state index contributed by atoms with van der Waals surface area (Å²) in [4.78, 5) is 12.5. The van der Waals surface area contributed by atoms with Crippen LogP contribution in [-0.4, -0.2) is 19.5 Å². The van der Waals surface area contributed by atoms with E-state index in [0.29, 0.717) is 11.5 Å². The van der Waals surface area contributed by atoms with Crippen molar-refractivity contribution in [3.8, 4) is 5.75 Å². The van der Waals surface area contributed by atoms with Crippen molar-refractivity contribution in [2.75, 3.05) is 13.7 Å². The van der Waals surface area contributed by atoms with Crippen LogP contribution in [-0.2, 0) is 11.3 Å². The van der Waals surface area contributed by atoms with E-state index in [4.69, 9.17) is 9.47 Å². The van der Waals surface area contributed by atoms with E-state index in [1.807, 2.05) is 30.3 Å². The summed E-state index contributed by atoms with van der Waals surface area (Å²) in [5.41, 5.74) is 0.986. The zero-order valence-electron chi connectivity index (χ0n) is 10.4. The number of hydrogen-bond acceptors (Lipinski definition) is 4. The van der Waals surface area contributed by atoms with Gasteiger partial charge in [0.25, 0.3) is 0 Å². The van der Waals surface area contributed by atoms with E-state index in [-0.39, 0.29) is 12.4 Å². The molecule has 0 fully saturated rings. The van der Waals surface area contributed by atoms with Crippen LogP contribution in [0.5, 0.6) is 5.75 Å². The minimum Gasteiger partial charge on any atom is -0.497 e. The molecule has 2 rings (SSSR count). The molecule has 0 radical (unpaired) electrons. The summed E-state index contributed by atoms with van der Waals surface area (Å²) in [7, 11) is 1.62. The largest absolute Gasteiger partial charge is 0.497 e. The normalized spacial score (nSPS) is 10.4. The van der Waals surface area contributed by atoms with Gasteiger partial charge in [-0.25, -0.2) is 0 Å². The molecule has 100 valence electrons. The molecule has 0 aliphatic carbocycles. The Morgan fingerprint density at radius 3 is 2.84 bits per heavy atom. The number of carbonyl (C=O) groups excluding carboxylic acids is 1. The van der Waals surface area contributed by atoms with E-state index in [9.17, 15) is 4.79 Å². The molecule has 0 spiro atoms. The highest BCUT2D eigenvalue weighted by atomic mass is 79.9. The Morgan fingerprint density at radius 2 is 2.16 bits per heavy atom. The van der Waals surface area contributed by atoms with Gasteiger partial charge in [0, 0.05) is 0 Å². The molecule has 5 heteroatoms. The van der Waals surface area contributed by atoms with Gasteiger partial charge < -0.3 is 9.47 Å². The fourth-order valence-electron chi connectivity index (χ4n) is 1.56. The Bertz CT molecular complexity index is 565. The van der Waals surface area contributed by atoms with Crippen molar-refractivity contribution in [2.45, 2.75) is 6.61 Å². The summed E-state index contributed by atoms with van der Waals surface area (Å²) in [6.45, 7) is 0.486. The maximum Gasteiger partial charge on any atom is 0.198 e. The van der Waals surface area contributed by atoms with E-state index >= 15 is 0 Å². The number of Topliss-reactive ketones (excluding diaryl/α,β-unsaturated/α-hetero) is 1. The molecule has 0 aliphatic rings.